The molecule has 0 fully saturated rings. The number of rotatable bonds is 1. The molecule has 0 radical (unpaired) electrons. The Labute approximate surface area is 113 Å². The fraction of sp³-hybridized carbons (Fsp3) is 0.167. The van der Waals surface area contributed by atoms with Crippen molar-refractivity contribution in [2.75, 3.05) is 0 Å². The van der Waals surface area contributed by atoms with Crippen molar-refractivity contribution in [3.8, 4) is 0 Å². The molecule has 0 aromatic carbocycles. The Morgan fingerprint density at radius 1 is 1.27 bits per heavy atom. The van der Waals surface area contributed by atoms with E-state index in [1.54, 1.807) is 0 Å². The van der Waals surface area contributed by atoms with Gasteiger partial charge in [-0.1, -0.05) is 0 Å². The van der Waals surface area contributed by atoms with Gasteiger partial charge < -0.3 is 0 Å². The van der Waals surface area contributed by atoms with E-state index < -0.39 is 26.9 Å². The van der Waals surface area contributed by atoms with Crippen molar-refractivity contribution in [1.29, 1.82) is 0 Å². The standard InChI is InChI=1S/C6H4F3NO3S.Ca.2H/c7-6(8,9)5-2-1-4(3-10-5)14(11,12)13;;;/h1-3H,(H,11,12,13);;;. The first-order valence-corrected chi connectivity index (χ1v) is 4.66. The zero-order valence-electron chi connectivity index (χ0n) is 6.49. The summed E-state index contributed by atoms with van der Waals surface area (Å²) in [6.07, 6.45) is -4.18. The van der Waals surface area contributed by atoms with Gasteiger partial charge in [0.05, 0.1) is 0 Å². The van der Waals surface area contributed by atoms with Crippen LogP contribution in [0.15, 0.2) is 23.2 Å². The Hall–Kier alpha value is 0.110. The Kier molecular flexibility index (Phi) is 5.00. The molecule has 1 N–H and O–H groups in total. The predicted molar refractivity (Wildman–Crippen MR) is 47.6 cm³/mol. The van der Waals surface area contributed by atoms with Crippen molar-refractivity contribution in [3.05, 3.63) is 24.0 Å². The average Bonchev–Trinajstić information content (AvgIpc) is 2.01. The summed E-state index contributed by atoms with van der Waals surface area (Å²) in [5.74, 6) is 0. The van der Waals surface area contributed by atoms with E-state index >= 15 is 0 Å². The van der Waals surface area contributed by atoms with E-state index in [1.165, 1.54) is 0 Å². The van der Waals surface area contributed by atoms with E-state index in [0.717, 1.165) is 0 Å². The molecule has 0 unspecified atom stereocenters. The van der Waals surface area contributed by atoms with Gasteiger partial charge in [0, 0.05) is 6.20 Å². The minimum atomic E-state index is -4.63. The molecule has 1 rings (SSSR count). The molecule has 0 aliphatic heterocycles. The number of halogens is 3. The summed E-state index contributed by atoms with van der Waals surface area (Å²) in [4.78, 5) is 2.18. The summed E-state index contributed by atoms with van der Waals surface area (Å²) in [5, 5.41) is 0. The molecule has 9 heteroatoms. The van der Waals surface area contributed by atoms with Gasteiger partial charge in [0.2, 0.25) is 0 Å². The third-order valence-corrected chi connectivity index (χ3v) is 2.16. The van der Waals surface area contributed by atoms with E-state index in [2.05, 4.69) is 4.98 Å². The van der Waals surface area contributed by atoms with Gasteiger partial charge in [-0.05, 0) is 12.1 Å². The normalized spacial score (nSPS) is 12.0. The minimum absolute atomic E-state index is 0. The van der Waals surface area contributed by atoms with Gasteiger partial charge in [-0.15, -0.1) is 0 Å². The second-order valence-corrected chi connectivity index (χ2v) is 3.77. The van der Waals surface area contributed by atoms with Crippen molar-refractivity contribution in [1.82, 2.24) is 4.98 Å². The molecule has 0 aliphatic rings. The third kappa shape index (κ3) is 4.23. The molecule has 0 saturated carbocycles. The zero-order valence-corrected chi connectivity index (χ0v) is 7.30. The van der Waals surface area contributed by atoms with E-state index in [4.69, 9.17) is 4.55 Å². The summed E-state index contributed by atoms with van der Waals surface area (Å²) in [7, 11) is -4.49. The molecule has 4 nitrogen and oxygen atoms in total. The Balaban J connectivity index is 0.00000196. The summed E-state index contributed by atoms with van der Waals surface area (Å²) in [6, 6.07) is 1.11. The predicted octanol–water partition coefficient (Wildman–Crippen LogP) is 0.431. The molecule has 0 aliphatic carbocycles. The Morgan fingerprint density at radius 3 is 2.07 bits per heavy atom. The fourth-order valence-corrected chi connectivity index (χ4v) is 1.13. The first-order valence-electron chi connectivity index (χ1n) is 3.22. The molecule has 0 amide bonds. The first kappa shape index (κ1) is 15.1. The van der Waals surface area contributed by atoms with Crippen LogP contribution in [0.2, 0.25) is 0 Å². The van der Waals surface area contributed by atoms with Crippen LogP contribution in [0.25, 0.3) is 0 Å². The summed E-state index contributed by atoms with van der Waals surface area (Å²) < 4.78 is 65.1. The van der Waals surface area contributed by atoms with Gasteiger partial charge >= 0.3 is 43.9 Å². The number of pyridine rings is 1. The van der Waals surface area contributed by atoms with Crippen LogP contribution in [0.5, 0.6) is 0 Å². The molecular formula is C6H6CaF3NO3S. The molecule has 1 heterocycles. The van der Waals surface area contributed by atoms with Crippen LogP contribution in [-0.4, -0.2) is 55.7 Å². The van der Waals surface area contributed by atoms with Crippen LogP contribution in [-0.2, 0) is 16.3 Å². The molecule has 15 heavy (non-hydrogen) atoms. The number of aromatic nitrogens is 1. The monoisotopic (exact) mass is 269 g/mol. The quantitative estimate of drug-likeness (QED) is 0.593. The van der Waals surface area contributed by atoms with Gasteiger partial charge in [-0.3, -0.25) is 9.54 Å². The van der Waals surface area contributed by atoms with Gasteiger partial charge in [-0.25, -0.2) is 0 Å². The number of alkyl halides is 3. The van der Waals surface area contributed by atoms with Crippen molar-refractivity contribution in [2.24, 2.45) is 0 Å². The molecule has 1 aromatic heterocycles. The maximum atomic E-state index is 11.9. The van der Waals surface area contributed by atoms with Gasteiger partial charge in [-0.2, -0.15) is 21.6 Å². The van der Waals surface area contributed by atoms with E-state index in [9.17, 15) is 21.6 Å². The molecule has 0 spiro atoms. The second kappa shape index (κ2) is 4.96. The van der Waals surface area contributed by atoms with E-state index in [0.29, 0.717) is 18.3 Å². The average molecular weight is 269 g/mol. The fourth-order valence-electron chi connectivity index (χ4n) is 0.701. The summed E-state index contributed by atoms with van der Waals surface area (Å²) in [6.45, 7) is 0. The third-order valence-electron chi connectivity index (χ3n) is 1.32. The molecule has 0 saturated heterocycles. The number of nitrogens with zero attached hydrogens (tertiary/aromatic N) is 1. The van der Waals surface area contributed by atoms with E-state index in [-0.39, 0.29) is 37.7 Å². The van der Waals surface area contributed by atoms with E-state index in [1.807, 2.05) is 0 Å². The van der Waals surface area contributed by atoms with Crippen LogP contribution in [0.1, 0.15) is 5.69 Å². The molecule has 82 valence electrons. The van der Waals surface area contributed by atoms with Gasteiger partial charge in [0.1, 0.15) is 10.6 Å². The maximum absolute atomic E-state index is 11.9. The second-order valence-electron chi connectivity index (χ2n) is 2.35. The van der Waals surface area contributed by atoms with Crippen LogP contribution < -0.4 is 0 Å². The molecule has 0 bridgehead atoms. The first-order chi connectivity index (χ1) is 6.21. The van der Waals surface area contributed by atoms with Gasteiger partial charge in [0.15, 0.2) is 0 Å². The van der Waals surface area contributed by atoms with Crippen molar-refractivity contribution in [3.63, 3.8) is 0 Å². The van der Waals surface area contributed by atoms with Crippen LogP contribution in [0.4, 0.5) is 13.2 Å². The number of hydrogen-bond acceptors (Lipinski definition) is 3. The van der Waals surface area contributed by atoms with Crippen LogP contribution in [0.3, 0.4) is 0 Å². The summed E-state index contributed by atoms with van der Waals surface area (Å²) in [5.41, 5.74) is -1.22. The van der Waals surface area contributed by atoms with Crippen molar-refractivity contribution >= 4 is 47.9 Å². The Bertz CT molecular complexity index is 428. The number of hydrogen-bond donors (Lipinski definition) is 1. The summed E-state index contributed by atoms with van der Waals surface area (Å²) >= 11 is 0. The zero-order chi connectivity index (χ0) is 11.0. The molecular weight excluding hydrogens is 263 g/mol. The molecule has 1 aromatic rings. The van der Waals surface area contributed by atoms with Crippen molar-refractivity contribution in [2.45, 2.75) is 11.1 Å². The topological polar surface area (TPSA) is 67.3 Å². The van der Waals surface area contributed by atoms with Crippen molar-refractivity contribution < 1.29 is 26.1 Å². The van der Waals surface area contributed by atoms with Crippen LogP contribution in [0, 0.1) is 0 Å². The SMILES string of the molecule is O=S(=O)(O)c1ccc(C(F)(F)F)nc1.[CaH2]. The van der Waals surface area contributed by atoms with Gasteiger partial charge in [0.25, 0.3) is 10.1 Å². The molecule has 0 atom stereocenters. The van der Waals surface area contributed by atoms with Crippen LogP contribution >= 0.6 is 0 Å². The Morgan fingerprint density at radius 2 is 1.80 bits per heavy atom.